The maximum Gasteiger partial charge on any atom is 0.316 e. The minimum Gasteiger partial charge on any atom is -0.407 e. The number of nitrogens with one attached hydrogen (secondary N) is 3. The molecule has 0 spiro atoms. The van der Waals surface area contributed by atoms with E-state index in [4.69, 9.17) is 4.42 Å². The summed E-state index contributed by atoms with van der Waals surface area (Å²) in [5.74, 6) is 0.508. The minimum atomic E-state index is -0.267. The van der Waals surface area contributed by atoms with Crippen molar-refractivity contribution in [1.29, 1.82) is 0 Å². The van der Waals surface area contributed by atoms with Gasteiger partial charge in [-0.2, -0.15) is 0 Å². The molecule has 1 aromatic rings. The van der Waals surface area contributed by atoms with Gasteiger partial charge in [0.1, 0.15) is 6.04 Å². The molecule has 0 aliphatic carbocycles. The Bertz CT molecular complexity index is 379. The summed E-state index contributed by atoms with van der Waals surface area (Å²) in [6.07, 6.45) is 1.75. The summed E-state index contributed by atoms with van der Waals surface area (Å²) in [4.78, 5) is 11.5. The molecule has 3 N–H and O–H groups in total. The Morgan fingerprint density at radius 1 is 1.53 bits per heavy atom. The van der Waals surface area contributed by atoms with Gasteiger partial charge >= 0.3 is 6.01 Å². The second kappa shape index (κ2) is 5.62. The van der Waals surface area contributed by atoms with Crippen LogP contribution in [-0.2, 0) is 11.3 Å². The van der Waals surface area contributed by atoms with E-state index in [1.807, 2.05) is 6.92 Å². The van der Waals surface area contributed by atoms with Crippen molar-refractivity contribution in [2.75, 3.05) is 18.4 Å². The molecular weight excluding hydrogens is 222 g/mol. The highest BCUT2D eigenvalue weighted by Crippen LogP contribution is 2.11. The molecule has 1 aromatic heterocycles. The molecule has 2 heterocycles. The Labute approximate surface area is 99.4 Å². The summed E-state index contributed by atoms with van der Waals surface area (Å²) in [5, 5.41) is 16.5. The van der Waals surface area contributed by atoms with Crippen molar-refractivity contribution in [3.8, 4) is 0 Å². The first-order valence-corrected chi connectivity index (χ1v) is 5.87. The van der Waals surface area contributed by atoms with Crippen LogP contribution in [0.25, 0.3) is 0 Å². The molecule has 1 atom stereocenters. The molecule has 17 heavy (non-hydrogen) atoms. The van der Waals surface area contributed by atoms with Gasteiger partial charge in [-0.25, -0.2) is 0 Å². The first-order chi connectivity index (χ1) is 8.29. The van der Waals surface area contributed by atoms with Gasteiger partial charge in [0.15, 0.2) is 0 Å². The third-order valence-electron chi connectivity index (χ3n) is 2.58. The molecule has 0 bridgehead atoms. The lowest BCUT2D eigenvalue weighted by Gasteiger charge is -2.21. The molecule has 0 saturated carbocycles. The van der Waals surface area contributed by atoms with Crippen molar-refractivity contribution in [2.45, 2.75) is 32.4 Å². The number of carbonyl (C=O) groups excluding carboxylic acids is 1. The van der Waals surface area contributed by atoms with Crippen LogP contribution in [0.15, 0.2) is 4.42 Å². The molecule has 94 valence electrons. The van der Waals surface area contributed by atoms with Crippen molar-refractivity contribution in [2.24, 2.45) is 0 Å². The molecule has 7 nitrogen and oxygen atoms in total. The number of nitrogens with zero attached hydrogens (tertiary/aromatic N) is 2. The van der Waals surface area contributed by atoms with Crippen molar-refractivity contribution < 1.29 is 9.21 Å². The summed E-state index contributed by atoms with van der Waals surface area (Å²) in [7, 11) is 0. The lowest BCUT2D eigenvalue weighted by Crippen LogP contribution is -2.44. The Hall–Kier alpha value is -1.63. The largest absolute Gasteiger partial charge is 0.407 e. The number of anilines is 1. The molecule has 1 fully saturated rings. The van der Waals surface area contributed by atoms with E-state index in [-0.39, 0.29) is 11.9 Å². The Kier molecular flexibility index (Phi) is 3.92. The molecule has 1 aliphatic heterocycles. The minimum absolute atomic E-state index is 0.0114. The van der Waals surface area contributed by atoms with E-state index in [0.29, 0.717) is 18.5 Å². The van der Waals surface area contributed by atoms with Crippen molar-refractivity contribution in [3.05, 3.63) is 5.89 Å². The van der Waals surface area contributed by atoms with E-state index in [2.05, 4.69) is 26.1 Å². The van der Waals surface area contributed by atoms with Crippen LogP contribution in [0.2, 0.25) is 0 Å². The van der Waals surface area contributed by atoms with Crippen LogP contribution in [0.4, 0.5) is 6.01 Å². The van der Waals surface area contributed by atoms with E-state index in [9.17, 15) is 4.79 Å². The van der Waals surface area contributed by atoms with Gasteiger partial charge in [0.05, 0.1) is 6.54 Å². The van der Waals surface area contributed by atoms with Crippen molar-refractivity contribution in [3.63, 3.8) is 0 Å². The average Bonchev–Trinajstić information content (AvgIpc) is 2.77. The topological polar surface area (TPSA) is 92.1 Å². The summed E-state index contributed by atoms with van der Waals surface area (Å²) < 4.78 is 5.36. The molecule has 7 heteroatoms. The highest BCUT2D eigenvalue weighted by molar-refractivity contribution is 5.84. The number of hydrogen-bond acceptors (Lipinski definition) is 6. The van der Waals surface area contributed by atoms with Crippen LogP contribution in [0.1, 0.15) is 25.7 Å². The number of amides is 1. The van der Waals surface area contributed by atoms with Gasteiger partial charge in [0.2, 0.25) is 11.8 Å². The van der Waals surface area contributed by atoms with Crippen LogP contribution in [-0.4, -0.2) is 35.2 Å². The van der Waals surface area contributed by atoms with Crippen LogP contribution in [0.3, 0.4) is 0 Å². The maximum absolute atomic E-state index is 11.5. The molecule has 1 aliphatic rings. The zero-order valence-corrected chi connectivity index (χ0v) is 9.82. The molecule has 0 radical (unpaired) electrons. The van der Waals surface area contributed by atoms with Crippen molar-refractivity contribution in [1.82, 2.24) is 20.8 Å². The summed E-state index contributed by atoms with van der Waals surface area (Å²) in [5.41, 5.74) is 0. The lowest BCUT2D eigenvalue weighted by atomic mass is 10.1. The molecule has 0 aromatic carbocycles. The SMILES string of the molecule is CCNCc1nnc(NC2CCCNC2=O)o1. The predicted molar refractivity (Wildman–Crippen MR) is 61.3 cm³/mol. The molecule has 2 rings (SSSR count). The third-order valence-corrected chi connectivity index (χ3v) is 2.58. The number of piperidine rings is 1. The zero-order chi connectivity index (χ0) is 12.1. The maximum atomic E-state index is 11.5. The van der Waals surface area contributed by atoms with Crippen LogP contribution >= 0.6 is 0 Å². The summed E-state index contributed by atoms with van der Waals surface area (Å²) in [6.45, 7) is 4.13. The fourth-order valence-corrected chi connectivity index (χ4v) is 1.67. The van der Waals surface area contributed by atoms with Crippen LogP contribution < -0.4 is 16.0 Å². The Morgan fingerprint density at radius 2 is 2.41 bits per heavy atom. The van der Waals surface area contributed by atoms with Crippen LogP contribution in [0, 0.1) is 0 Å². The van der Waals surface area contributed by atoms with E-state index in [1.165, 1.54) is 0 Å². The fraction of sp³-hybridized carbons (Fsp3) is 0.700. The van der Waals surface area contributed by atoms with E-state index >= 15 is 0 Å². The molecular formula is C10H17N5O2. The van der Waals surface area contributed by atoms with Crippen LogP contribution in [0.5, 0.6) is 0 Å². The number of hydrogen-bond donors (Lipinski definition) is 3. The number of rotatable bonds is 5. The van der Waals surface area contributed by atoms with E-state index in [0.717, 1.165) is 25.9 Å². The monoisotopic (exact) mass is 239 g/mol. The quantitative estimate of drug-likeness (QED) is 0.663. The van der Waals surface area contributed by atoms with E-state index in [1.54, 1.807) is 0 Å². The fourth-order valence-electron chi connectivity index (χ4n) is 1.67. The second-order valence-corrected chi connectivity index (χ2v) is 3.91. The molecule has 1 unspecified atom stereocenters. The zero-order valence-electron chi connectivity index (χ0n) is 9.82. The average molecular weight is 239 g/mol. The van der Waals surface area contributed by atoms with Gasteiger partial charge in [-0.15, -0.1) is 5.10 Å². The van der Waals surface area contributed by atoms with Gasteiger partial charge in [0.25, 0.3) is 0 Å². The standard InChI is InChI=1S/C10H17N5O2/c1-2-11-6-8-14-15-10(17-8)13-7-4-3-5-12-9(7)16/h7,11H,2-6H2,1H3,(H,12,16)(H,13,15). The first-order valence-electron chi connectivity index (χ1n) is 5.87. The Balaban J connectivity index is 1.89. The number of carbonyl (C=O) groups is 1. The Morgan fingerprint density at radius 3 is 3.18 bits per heavy atom. The van der Waals surface area contributed by atoms with Gasteiger partial charge in [-0.05, 0) is 19.4 Å². The second-order valence-electron chi connectivity index (χ2n) is 3.91. The summed E-state index contributed by atoms with van der Waals surface area (Å²) in [6, 6.07) is 0.0381. The smallest absolute Gasteiger partial charge is 0.316 e. The van der Waals surface area contributed by atoms with Gasteiger partial charge < -0.3 is 20.4 Å². The van der Waals surface area contributed by atoms with Gasteiger partial charge in [-0.3, -0.25) is 4.79 Å². The lowest BCUT2D eigenvalue weighted by molar-refractivity contribution is -0.123. The molecule has 1 amide bonds. The predicted octanol–water partition coefficient (Wildman–Crippen LogP) is -0.130. The van der Waals surface area contributed by atoms with Crippen molar-refractivity contribution >= 4 is 11.9 Å². The highest BCUT2D eigenvalue weighted by Gasteiger charge is 2.23. The summed E-state index contributed by atoms with van der Waals surface area (Å²) >= 11 is 0. The van der Waals surface area contributed by atoms with Gasteiger partial charge in [-0.1, -0.05) is 12.0 Å². The first kappa shape index (κ1) is 11.8. The van der Waals surface area contributed by atoms with Gasteiger partial charge in [0, 0.05) is 6.54 Å². The highest BCUT2D eigenvalue weighted by atomic mass is 16.4. The third kappa shape index (κ3) is 3.16. The molecule has 1 saturated heterocycles. The van der Waals surface area contributed by atoms with E-state index < -0.39 is 0 Å². The number of aromatic nitrogens is 2. The normalized spacial score (nSPS) is 20.1.